The van der Waals surface area contributed by atoms with Crippen molar-refractivity contribution in [2.24, 2.45) is 11.3 Å². The first-order valence-corrected chi connectivity index (χ1v) is 5.63. The summed E-state index contributed by atoms with van der Waals surface area (Å²) in [6, 6.07) is 2.28. The third-order valence-corrected chi connectivity index (χ3v) is 3.55. The monoisotopic (exact) mass is 193 g/mol. The van der Waals surface area contributed by atoms with Gasteiger partial charge < -0.3 is 0 Å². The molecule has 2 heteroatoms. The number of carbonyl (C=O) groups excluding carboxylic acids is 1. The average molecular weight is 193 g/mol. The number of nitriles is 1. The van der Waals surface area contributed by atoms with E-state index in [1.807, 2.05) is 0 Å². The first-order chi connectivity index (χ1) is 6.68. The van der Waals surface area contributed by atoms with Crippen molar-refractivity contribution in [3.8, 4) is 6.07 Å². The summed E-state index contributed by atoms with van der Waals surface area (Å²) in [5, 5.41) is 9.16. The molecule has 14 heavy (non-hydrogen) atoms. The molecule has 0 N–H and O–H groups in total. The van der Waals surface area contributed by atoms with Crippen LogP contribution in [0.2, 0.25) is 0 Å². The van der Waals surface area contributed by atoms with Gasteiger partial charge in [0.2, 0.25) is 0 Å². The predicted octanol–water partition coefficient (Wildman–Crippen LogP) is 3.08. The minimum absolute atomic E-state index is 0.187. The Kier molecular flexibility index (Phi) is 3.69. The van der Waals surface area contributed by atoms with Crippen molar-refractivity contribution in [2.75, 3.05) is 0 Å². The molecule has 1 atom stereocenters. The number of hydrogen-bond acceptors (Lipinski definition) is 2. The quantitative estimate of drug-likeness (QED) is 0.688. The molecule has 1 aliphatic rings. The van der Waals surface area contributed by atoms with Crippen LogP contribution in [0.15, 0.2) is 0 Å². The van der Waals surface area contributed by atoms with Gasteiger partial charge in [0.15, 0.2) is 5.78 Å². The molecule has 0 heterocycles. The van der Waals surface area contributed by atoms with Gasteiger partial charge in [0.05, 0.1) is 6.07 Å². The van der Waals surface area contributed by atoms with E-state index >= 15 is 0 Å². The van der Waals surface area contributed by atoms with Crippen LogP contribution < -0.4 is 0 Å². The Morgan fingerprint density at radius 2 is 2.14 bits per heavy atom. The lowest BCUT2D eigenvalue weighted by Gasteiger charge is -2.23. The van der Waals surface area contributed by atoms with E-state index < -0.39 is 5.41 Å². The number of nitrogens with zero attached hydrogens (tertiary/aromatic N) is 1. The molecule has 0 radical (unpaired) electrons. The Hall–Kier alpha value is -0.840. The third kappa shape index (κ3) is 1.97. The summed E-state index contributed by atoms with van der Waals surface area (Å²) in [6.45, 7) is 4.28. The molecule has 0 aromatic carbocycles. The number of carbonyl (C=O) groups is 1. The summed E-state index contributed by atoms with van der Waals surface area (Å²) in [5.41, 5.74) is -0.614. The molecule has 1 aliphatic carbocycles. The highest BCUT2D eigenvalue weighted by Crippen LogP contribution is 2.41. The number of hydrogen-bond donors (Lipinski definition) is 0. The zero-order valence-electron chi connectivity index (χ0n) is 9.18. The van der Waals surface area contributed by atoms with E-state index in [4.69, 9.17) is 5.26 Å². The Morgan fingerprint density at radius 3 is 2.50 bits per heavy atom. The minimum atomic E-state index is -0.614. The second-order valence-corrected chi connectivity index (χ2v) is 4.36. The Morgan fingerprint density at radius 1 is 1.50 bits per heavy atom. The summed E-state index contributed by atoms with van der Waals surface area (Å²) in [4.78, 5) is 11.7. The summed E-state index contributed by atoms with van der Waals surface area (Å²) in [6.07, 6.45) is 5.26. The van der Waals surface area contributed by atoms with Crippen molar-refractivity contribution < 1.29 is 4.79 Å². The maximum atomic E-state index is 11.7. The van der Waals surface area contributed by atoms with Crippen molar-refractivity contribution in [1.82, 2.24) is 0 Å². The van der Waals surface area contributed by atoms with Gasteiger partial charge in [-0.1, -0.05) is 26.7 Å². The van der Waals surface area contributed by atoms with Gasteiger partial charge in [-0.25, -0.2) is 0 Å². The maximum Gasteiger partial charge on any atom is 0.153 e. The molecule has 78 valence electrons. The van der Waals surface area contributed by atoms with Gasteiger partial charge in [-0.05, 0) is 25.2 Å². The van der Waals surface area contributed by atoms with Gasteiger partial charge in [0, 0.05) is 6.42 Å². The van der Waals surface area contributed by atoms with Crippen LogP contribution >= 0.6 is 0 Å². The number of Topliss-reactive ketones (excluding diaryl/α,β-unsaturated/α-hetero) is 1. The lowest BCUT2D eigenvalue weighted by atomic mass is 9.77. The molecule has 0 aromatic rings. The van der Waals surface area contributed by atoms with E-state index in [9.17, 15) is 4.79 Å². The average Bonchev–Trinajstić information content (AvgIpc) is 2.57. The van der Waals surface area contributed by atoms with E-state index in [0.29, 0.717) is 12.3 Å². The van der Waals surface area contributed by atoms with Crippen LogP contribution in [0.4, 0.5) is 0 Å². The lowest BCUT2D eigenvalue weighted by molar-refractivity contribution is -0.124. The maximum absolute atomic E-state index is 11.7. The molecular weight excluding hydrogens is 174 g/mol. The summed E-state index contributed by atoms with van der Waals surface area (Å²) in [7, 11) is 0. The normalized spacial score (nSPS) is 26.9. The molecule has 0 spiro atoms. The lowest BCUT2D eigenvalue weighted by Crippen LogP contribution is -2.26. The fraction of sp³-hybridized carbons (Fsp3) is 0.833. The van der Waals surface area contributed by atoms with E-state index in [1.54, 1.807) is 0 Å². The van der Waals surface area contributed by atoms with Crippen LogP contribution in [-0.4, -0.2) is 5.78 Å². The van der Waals surface area contributed by atoms with E-state index in [2.05, 4.69) is 19.9 Å². The van der Waals surface area contributed by atoms with Gasteiger partial charge in [-0.3, -0.25) is 4.79 Å². The van der Waals surface area contributed by atoms with Gasteiger partial charge in [-0.2, -0.15) is 5.26 Å². The topological polar surface area (TPSA) is 40.9 Å². The highest BCUT2D eigenvalue weighted by molar-refractivity contribution is 5.89. The Bertz CT molecular complexity index is 250. The van der Waals surface area contributed by atoms with Gasteiger partial charge in [0.25, 0.3) is 0 Å². The molecule has 0 aliphatic heterocycles. The molecule has 0 bridgehead atoms. The van der Waals surface area contributed by atoms with Crippen LogP contribution in [0, 0.1) is 22.7 Å². The van der Waals surface area contributed by atoms with Crippen LogP contribution in [0.5, 0.6) is 0 Å². The van der Waals surface area contributed by atoms with Crippen LogP contribution in [0.25, 0.3) is 0 Å². The zero-order chi connectivity index (χ0) is 10.6. The molecule has 1 unspecified atom stereocenters. The van der Waals surface area contributed by atoms with E-state index in [-0.39, 0.29) is 5.78 Å². The number of rotatable bonds is 4. The van der Waals surface area contributed by atoms with Crippen LogP contribution in [0.3, 0.4) is 0 Å². The van der Waals surface area contributed by atoms with Gasteiger partial charge in [-0.15, -0.1) is 0 Å². The molecule has 1 saturated carbocycles. The molecular formula is C12H19NO. The first kappa shape index (κ1) is 11.2. The fourth-order valence-electron chi connectivity index (χ4n) is 2.38. The molecule has 2 nitrogen and oxygen atoms in total. The van der Waals surface area contributed by atoms with Crippen molar-refractivity contribution in [2.45, 2.75) is 52.4 Å². The summed E-state index contributed by atoms with van der Waals surface area (Å²) < 4.78 is 0. The standard InChI is InChI=1S/C12H19NO/c1-3-10(4-2)8-12(9-13)7-5-6-11(12)14/h10H,3-8H2,1-2H3. The molecule has 0 amide bonds. The summed E-state index contributed by atoms with van der Waals surface area (Å²) in [5.74, 6) is 0.726. The number of ketones is 1. The van der Waals surface area contributed by atoms with Crippen LogP contribution in [-0.2, 0) is 4.79 Å². The predicted molar refractivity (Wildman–Crippen MR) is 55.6 cm³/mol. The SMILES string of the molecule is CCC(CC)CC1(C#N)CCCC1=O. The minimum Gasteiger partial charge on any atom is -0.298 e. The van der Waals surface area contributed by atoms with Gasteiger partial charge in [0.1, 0.15) is 5.41 Å². The Balaban J connectivity index is 2.72. The first-order valence-electron chi connectivity index (χ1n) is 5.63. The van der Waals surface area contributed by atoms with Gasteiger partial charge >= 0.3 is 0 Å². The highest BCUT2D eigenvalue weighted by atomic mass is 16.1. The Labute approximate surface area is 86.3 Å². The second-order valence-electron chi connectivity index (χ2n) is 4.36. The fourth-order valence-corrected chi connectivity index (χ4v) is 2.38. The smallest absolute Gasteiger partial charge is 0.153 e. The van der Waals surface area contributed by atoms with E-state index in [0.717, 1.165) is 32.1 Å². The van der Waals surface area contributed by atoms with Crippen molar-refractivity contribution >= 4 is 5.78 Å². The highest BCUT2D eigenvalue weighted by Gasteiger charge is 2.43. The molecule has 0 aromatic heterocycles. The van der Waals surface area contributed by atoms with E-state index in [1.165, 1.54) is 0 Å². The largest absolute Gasteiger partial charge is 0.298 e. The molecule has 1 fully saturated rings. The van der Waals surface area contributed by atoms with Crippen molar-refractivity contribution in [3.63, 3.8) is 0 Å². The zero-order valence-corrected chi connectivity index (χ0v) is 9.18. The molecule has 1 rings (SSSR count). The van der Waals surface area contributed by atoms with Crippen LogP contribution in [0.1, 0.15) is 52.4 Å². The van der Waals surface area contributed by atoms with Crippen molar-refractivity contribution in [1.29, 1.82) is 5.26 Å². The third-order valence-electron chi connectivity index (χ3n) is 3.55. The molecule has 0 saturated heterocycles. The summed E-state index contributed by atoms with van der Waals surface area (Å²) >= 11 is 0. The second kappa shape index (κ2) is 4.59. The van der Waals surface area contributed by atoms with Crippen molar-refractivity contribution in [3.05, 3.63) is 0 Å².